The second-order valence-electron chi connectivity index (χ2n) is 4.70. The van der Waals surface area contributed by atoms with Crippen LogP contribution in [0.25, 0.3) is 0 Å². The molecule has 0 aliphatic carbocycles. The lowest BCUT2D eigenvalue weighted by Gasteiger charge is -2.24. The predicted molar refractivity (Wildman–Crippen MR) is 78.6 cm³/mol. The van der Waals surface area contributed by atoms with Gasteiger partial charge in [-0.25, -0.2) is 0 Å². The number of nitrogens with two attached hydrogens (primary N) is 1. The SMILES string of the molecule is CCN(Cc1ccncc1)CC(N)c1ccccc1. The van der Waals surface area contributed by atoms with E-state index >= 15 is 0 Å². The number of nitrogens with zero attached hydrogens (tertiary/aromatic N) is 2. The Morgan fingerprint density at radius 3 is 2.42 bits per heavy atom. The topological polar surface area (TPSA) is 42.2 Å². The van der Waals surface area contributed by atoms with Gasteiger partial charge in [-0.3, -0.25) is 9.88 Å². The molecular formula is C16H21N3. The van der Waals surface area contributed by atoms with Crippen molar-refractivity contribution in [3.05, 3.63) is 66.0 Å². The Hall–Kier alpha value is -1.71. The first kappa shape index (κ1) is 13.7. The normalized spacial score (nSPS) is 12.6. The van der Waals surface area contributed by atoms with Crippen LogP contribution in [0.5, 0.6) is 0 Å². The number of rotatable bonds is 6. The fourth-order valence-corrected chi connectivity index (χ4v) is 2.14. The molecule has 0 aliphatic rings. The highest BCUT2D eigenvalue weighted by atomic mass is 15.1. The lowest BCUT2D eigenvalue weighted by atomic mass is 10.1. The second-order valence-corrected chi connectivity index (χ2v) is 4.70. The fraction of sp³-hybridized carbons (Fsp3) is 0.312. The molecule has 2 rings (SSSR count). The average molecular weight is 255 g/mol. The lowest BCUT2D eigenvalue weighted by Crippen LogP contribution is -2.31. The number of pyridine rings is 1. The van der Waals surface area contributed by atoms with Crippen molar-refractivity contribution in [2.45, 2.75) is 19.5 Å². The van der Waals surface area contributed by atoms with Crippen LogP contribution < -0.4 is 5.73 Å². The van der Waals surface area contributed by atoms with Gasteiger partial charge in [-0.1, -0.05) is 37.3 Å². The summed E-state index contributed by atoms with van der Waals surface area (Å²) in [5.41, 5.74) is 8.74. The summed E-state index contributed by atoms with van der Waals surface area (Å²) in [5.74, 6) is 0. The van der Waals surface area contributed by atoms with Crippen LogP contribution in [0.4, 0.5) is 0 Å². The first-order valence-corrected chi connectivity index (χ1v) is 6.71. The summed E-state index contributed by atoms with van der Waals surface area (Å²) in [7, 11) is 0. The molecule has 100 valence electrons. The predicted octanol–water partition coefficient (Wildman–Crippen LogP) is 2.60. The largest absolute Gasteiger partial charge is 0.323 e. The molecule has 1 heterocycles. The van der Waals surface area contributed by atoms with E-state index in [0.717, 1.165) is 19.6 Å². The van der Waals surface area contributed by atoms with Crippen molar-refractivity contribution in [1.82, 2.24) is 9.88 Å². The third kappa shape index (κ3) is 4.16. The summed E-state index contributed by atoms with van der Waals surface area (Å²) in [4.78, 5) is 6.40. The zero-order valence-electron chi connectivity index (χ0n) is 11.4. The van der Waals surface area contributed by atoms with Crippen molar-refractivity contribution < 1.29 is 0 Å². The van der Waals surface area contributed by atoms with E-state index in [4.69, 9.17) is 5.73 Å². The van der Waals surface area contributed by atoms with Crippen LogP contribution in [0.15, 0.2) is 54.9 Å². The van der Waals surface area contributed by atoms with Crippen molar-refractivity contribution in [2.75, 3.05) is 13.1 Å². The molecule has 0 amide bonds. The van der Waals surface area contributed by atoms with Gasteiger partial charge in [0.2, 0.25) is 0 Å². The molecule has 1 aromatic carbocycles. The molecule has 0 spiro atoms. The van der Waals surface area contributed by atoms with Crippen molar-refractivity contribution in [3.63, 3.8) is 0 Å². The summed E-state index contributed by atoms with van der Waals surface area (Å²) in [6.45, 7) is 4.93. The minimum Gasteiger partial charge on any atom is -0.323 e. The number of benzene rings is 1. The molecule has 0 saturated heterocycles. The molecule has 0 aliphatic heterocycles. The quantitative estimate of drug-likeness (QED) is 0.862. The van der Waals surface area contributed by atoms with Crippen LogP contribution in [0, 0.1) is 0 Å². The Bertz CT molecular complexity index is 470. The second kappa shape index (κ2) is 7.02. The van der Waals surface area contributed by atoms with Gasteiger partial charge >= 0.3 is 0 Å². The molecule has 0 fully saturated rings. The molecule has 3 nitrogen and oxygen atoms in total. The third-order valence-corrected chi connectivity index (χ3v) is 3.29. The monoisotopic (exact) mass is 255 g/mol. The van der Waals surface area contributed by atoms with Crippen LogP contribution in [-0.4, -0.2) is 23.0 Å². The van der Waals surface area contributed by atoms with Gasteiger partial charge in [0.25, 0.3) is 0 Å². The van der Waals surface area contributed by atoms with Crippen LogP contribution in [0.1, 0.15) is 24.1 Å². The number of likely N-dealkylation sites (N-methyl/N-ethyl adjacent to an activating group) is 1. The van der Waals surface area contributed by atoms with Gasteiger partial charge in [-0.2, -0.15) is 0 Å². The number of aromatic nitrogens is 1. The Kier molecular flexibility index (Phi) is 5.07. The van der Waals surface area contributed by atoms with Gasteiger partial charge in [0, 0.05) is 31.5 Å². The molecule has 0 bridgehead atoms. The van der Waals surface area contributed by atoms with E-state index in [9.17, 15) is 0 Å². The van der Waals surface area contributed by atoms with Gasteiger partial charge in [-0.15, -0.1) is 0 Å². The van der Waals surface area contributed by atoms with Gasteiger partial charge in [0.15, 0.2) is 0 Å². The van der Waals surface area contributed by atoms with E-state index < -0.39 is 0 Å². The van der Waals surface area contributed by atoms with Crippen molar-refractivity contribution >= 4 is 0 Å². The van der Waals surface area contributed by atoms with E-state index in [1.807, 2.05) is 30.6 Å². The molecule has 0 saturated carbocycles. The minimum absolute atomic E-state index is 0.0583. The highest BCUT2D eigenvalue weighted by Gasteiger charge is 2.11. The van der Waals surface area contributed by atoms with Crippen LogP contribution in [0.2, 0.25) is 0 Å². The standard InChI is InChI=1S/C16H21N3/c1-2-19(12-14-8-10-18-11-9-14)13-16(17)15-6-4-3-5-7-15/h3-11,16H,2,12-13,17H2,1H3. The van der Waals surface area contributed by atoms with Gasteiger partial charge < -0.3 is 5.73 Å². The molecule has 1 atom stereocenters. The summed E-state index contributed by atoms with van der Waals surface area (Å²) in [6.07, 6.45) is 3.67. The Labute approximate surface area is 115 Å². The summed E-state index contributed by atoms with van der Waals surface area (Å²) >= 11 is 0. The minimum atomic E-state index is 0.0583. The molecule has 19 heavy (non-hydrogen) atoms. The Morgan fingerprint density at radius 2 is 1.79 bits per heavy atom. The molecular weight excluding hydrogens is 234 g/mol. The fourth-order valence-electron chi connectivity index (χ4n) is 2.14. The maximum Gasteiger partial charge on any atom is 0.0424 e. The summed E-state index contributed by atoms with van der Waals surface area (Å²) in [5, 5.41) is 0. The highest BCUT2D eigenvalue weighted by molar-refractivity contribution is 5.19. The van der Waals surface area contributed by atoms with Crippen molar-refractivity contribution in [1.29, 1.82) is 0 Å². The maximum atomic E-state index is 6.27. The van der Waals surface area contributed by atoms with Crippen LogP contribution in [-0.2, 0) is 6.54 Å². The Morgan fingerprint density at radius 1 is 1.11 bits per heavy atom. The van der Waals surface area contributed by atoms with Crippen molar-refractivity contribution in [3.8, 4) is 0 Å². The first-order valence-electron chi connectivity index (χ1n) is 6.71. The summed E-state index contributed by atoms with van der Waals surface area (Å²) < 4.78 is 0. The molecule has 2 N–H and O–H groups in total. The van der Waals surface area contributed by atoms with E-state index in [1.165, 1.54) is 11.1 Å². The van der Waals surface area contributed by atoms with Crippen molar-refractivity contribution in [2.24, 2.45) is 5.73 Å². The number of hydrogen-bond acceptors (Lipinski definition) is 3. The molecule has 2 aromatic rings. The van der Waals surface area contributed by atoms with Gasteiger partial charge in [0.1, 0.15) is 0 Å². The Balaban J connectivity index is 1.96. The smallest absolute Gasteiger partial charge is 0.0424 e. The molecule has 1 unspecified atom stereocenters. The molecule has 0 radical (unpaired) electrons. The summed E-state index contributed by atoms with van der Waals surface area (Å²) in [6, 6.07) is 14.4. The maximum absolute atomic E-state index is 6.27. The third-order valence-electron chi connectivity index (χ3n) is 3.29. The average Bonchev–Trinajstić information content (AvgIpc) is 2.48. The first-order chi connectivity index (χ1) is 9.29. The molecule has 1 aromatic heterocycles. The van der Waals surface area contributed by atoms with Gasteiger partial charge in [-0.05, 0) is 29.8 Å². The van der Waals surface area contributed by atoms with E-state index in [2.05, 4.69) is 41.1 Å². The van der Waals surface area contributed by atoms with E-state index in [1.54, 1.807) is 0 Å². The molecule has 3 heteroatoms. The van der Waals surface area contributed by atoms with Gasteiger partial charge in [0.05, 0.1) is 0 Å². The number of hydrogen-bond donors (Lipinski definition) is 1. The highest BCUT2D eigenvalue weighted by Crippen LogP contribution is 2.13. The van der Waals surface area contributed by atoms with Crippen LogP contribution >= 0.6 is 0 Å². The lowest BCUT2D eigenvalue weighted by molar-refractivity contribution is 0.262. The van der Waals surface area contributed by atoms with E-state index in [-0.39, 0.29) is 6.04 Å². The van der Waals surface area contributed by atoms with E-state index in [0.29, 0.717) is 0 Å². The van der Waals surface area contributed by atoms with Crippen LogP contribution in [0.3, 0.4) is 0 Å². The zero-order valence-corrected chi connectivity index (χ0v) is 11.4. The zero-order chi connectivity index (χ0) is 13.5.